The van der Waals surface area contributed by atoms with Crippen molar-refractivity contribution in [3.8, 4) is 0 Å². The Morgan fingerprint density at radius 3 is 2.07 bits per heavy atom. The lowest BCUT2D eigenvalue weighted by atomic mass is 9.89. The van der Waals surface area contributed by atoms with Gasteiger partial charge in [-0.15, -0.1) is 0 Å². The molecule has 0 aliphatic rings. The molecular weight excluding hydrogens is 188 g/mol. The smallest absolute Gasteiger partial charge is 0.141 e. The zero-order chi connectivity index (χ0) is 12.1. The van der Waals surface area contributed by atoms with E-state index in [1.165, 1.54) is 0 Å². The lowest BCUT2D eigenvalue weighted by Crippen LogP contribution is -2.19. The highest BCUT2D eigenvalue weighted by Gasteiger charge is 2.19. The van der Waals surface area contributed by atoms with Gasteiger partial charge in [-0.3, -0.25) is 4.79 Å². The first-order valence-corrected chi connectivity index (χ1v) is 5.53. The molecule has 15 heavy (non-hydrogen) atoms. The van der Waals surface area contributed by atoms with E-state index in [2.05, 4.69) is 0 Å². The second-order valence-electron chi connectivity index (χ2n) is 5.70. The first kappa shape index (κ1) is 14.4. The molecule has 0 spiro atoms. The second-order valence-corrected chi connectivity index (χ2v) is 5.70. The molecule has 0 aromatic heterocycles. The summed E-state index contributed by atoms with van der Waals surface area (Å²) in [7, 11) is 0. The number of carbonyl (C=O) groups is 1. The highest BCUT2D eigenvalue weighted by molar-refractivity contribution is 5.84. The number of ketones is 1. The summed E-state index contributed by atoms with van der Waals surface area (Å²) in [4.78, 5) is 11.5. The summed E-state index contributed by atoms with van der Waals surface area (Å²) in [6.45, 7) is 9.38. The van der Waals surface area contributed by atoms with Crippen LogP contribution in [0.5, 0.6) is 0 Å². The fourth-order valence-corrected chi connectivity index (χ4v) is 1.05. The van der Waals surface area contributed by atoms with Gasteiger partial charge in [-0.2, -0.15) is 0 Å². The molecule has 0 saturated heterocycles. The van der Waals surface area contributed by atoms with Crippen molar-refractivity contribution in [1.29, 1.82) is 0 Å². The summed E-state index contributed by atoms with van der Waals surface area (Å²) in [5, 5.41) is 9.45. The van der Waals surface area contributed by atoms with Crippen LogP contribution in [0.1, 0.15) is 53.9 Å². The summed E-state index contributed by atoms with van der Waals surface area (Å²) in [5.41, 5.74) is -0.862. The fourth-order valence-electron chi connectivity index (χ4n) is 1.05. The molecule has 0 bridgehead atoms. The van der Waals surface area contributed by atoms with Crippen molar-refractivity contribution in [1.82, 2.24) is 0 Å². The van der Waals surface area contributed by atoms with Crippen molar-refractivity contribution in [2.45, 2.75) is 59.5 Å². The molecule has 0 unspecified atom stereocenters. The average Bonchev–Trinajstić information content (AvgIpc) is 1.99. The number of hydrogen-bond acceptors (Lipinski definition) is 2. The molecule has 0 amide bonds. The van der Waals surface area contributed by atoms with Crippen molar-refractivity contribution in [3.63, 3.8) is 0 Å². The lowest BCUT2D eigenvalue weighted by molar-refractivity contribution is -0.125. The predicted octanol–water partition coefficient (Wildman–Crippen LogP) is 3.10. The van der Waals surface area contributed by atoms with E-state index in [1.807, 2.05) is 32.9 Å². The topological polar surface area (TPSA) is 37.3 Å². The van der Waals surface area contributed by atoms with Gasteiger partial charge in [-0.05, 0) is 26.7 Å². The van der Waals surface area contributed by atoms with E-state index in [9.17, 15) is 9.90 Å². The number of allylic oxidation sites excluding steroid dienone is 2. The summed E-state index contributed by atoms with van der Waals surface area (Å²) in [5.74, 6) is 0.252. The van der Waals surface area contributed by atoms with E-state index in [-0.39, 0.29) is 11.2 Å². The highest BCUT2D eigenvalue weighted by Crippen LogP contribution is 2.17. The van der Waals surface area contributed by atoms with Gasteiger partial charge < -0.3 is 5.11 Å². The molecule has 0 aromatic rings. The molecular formula is C13H24O2. The van der Waals surface area contributed by atoms with E-state index >= 15 is 0 Å². The van der Waals surface area contributed by atoms with Crippen molar-refractivity contribution in [3.05, 3.63) is 12.2 Å². The van der Waals surface area contributed by atoms with Gasteiger partial charge in [-0.1, -0.05) is 32.9 Å². The number of rotatable bonds is 5. The van der Waals surface area contributed by atoms with Crippen LogP contribution >= 0.6 is 0 Å². The Balaban J connectivity index is 3.78. The Bertz CT molecular complexity index is 226. The molecule has 0 heterocycles. The van der Waals surface area contributed by atoms with E-state index in [4.69, 9.17) is 0 Å². The maximum atomic E-state index is 11.5. The number of hydrogen-bond donors (Lipinski definition) is 1. The second kappa shape index (κ2) is 5.45. The fraction of sp³-hybridized carbons (Fsp3) is 0.769. The van der Waals surface area contributed by atoms with Crippen molar-refractivity contribution >= 4 is 5.78 Å². The van der Waals surface area contributed by atoms with Crippen molar-refractivity contribution in [2.75, 3.05) is 0 Å². The first-order valence-electron chi connectivity index (χ1n) is 5.53. The molecule has 2 heteroatoms. The SMILES string of the molecule is CC(C)(O)CC/C=C/CC(=O)C(C)(C)C. The van der Waals surface area contributed by atoms with Gasteiger partial charge in [0.2, 0.25) is 0 Å². The molecule has 0 aromatic carbocycles. The van der Waals surface area contributed by atoms with Crippen LogP contribution in [0.3, 0.4) is 0 Å². The molecule has 0 saturated carbocycles. The minimum Gasteiger partial charge on any atom is -0.390 e. The Morgan fingerprint density at radius 2 is 1.67 bits per heavy atom. The molecule has 2 nitrogen and oxygen atoms in total. The largest absolute Gasteiger partial charge is 0.390 e. The molecule has 0 radical (unpaired) electrons. The molecule has 0 fully saturated rings. The zero-order valence-electron chi connectivity index (χ0n) is 10.6. The van der Waals surface area contributed by atoms with Crippen molar-refractivity contribution in [2.24, 2.45) is 5.41 Å². The minimum atomic E-state index is -0.613. The van der Waals surface area contributed by atoms with Gasteiger partial charge in [-0.25, -0.2) is 0 Å². The van der Waals surface area contributed by atoms with E-state index in [0.717, 1.165) is 12.8 Å². The molecule has 0 rings (SSSR count). The van der Waals surface area contributed by atoms with Crippen LogP contribution in [0.2, 0.25) is 0 Å². The molecule has 0 atom stereocenters. The Morgan fingerprint density at radius 1 is 1.13 bits per heavy atom. The van der Waals surface area contributed by atoms with Gasteiger partial charge in [0, 0.05) is 11.8 Å². The number of aliphatic hydroxyl groups is 1. The van der Waals surface area contributed by atoms with E-state index in [1.54, 1.807) is 13.8 Å². The van der Waals surface area contributed by atoms with Gasteiger partial charge in [0.15, 0.2) is 0 Å². The third kappa shape index (κ3) is 8.37. The summed E-state index contributed by atoms with van der Waals surface area (Å²) in [6.07, 6.45) is 5.92. The van der Waals surface area contributed by atoms with E-state index < -0.39 is 5.60 Å². The normalized spacial score (nSPS) is 13.5. The third-order valence-electron chi connectivity index (χ3n) is 2.23. The van der Waals surface area contributed by atoms with Gasteiger partial charge in [0.1, 0.15) is 5.78 Å². The highest BCUT2D eigenvalue weighted by atomic mass is 16.3. The minimum absolute atomic E-state index is 0.249. The Hall–Kier alpha value is -0.630. The Labute approximate surface area is 93.4 Å². The maximum absolute atomic E-state index is 11.5. The van der Waals surface area contributed by atoms with E-state index in [0.29, 0.717) is 6.42 Å². The van der Waals surface area contributed by atoms with Crippen LogP contribution < -0.4 is 0 Å². The molecule has 1 N–H and O–H groups in total. The standard InChI is InChI=1S/C13H24O2/c1-12(2,3)11(14)9-7-6-8-10-13(4,5)15/h6-7,15H,8-10H2,1-5H3/b7-6+. The summed E-state index contributed by atoms with van der Waals surface area (Å²) < 4.78 is 0. The average molecular weight is 212 g/mol. The zero-order valence-corrected chi connectivity index (χ0v) is 10.6. The Kier molecular flexibility index (Phi) is 5.22. The number of Topliss-reactive ketones (excluding diaryl/α,β-unsaturated/α-hetero) is 1. The quantitative estimate of drug-likeness (QED) is 0.711. The molecule has 88 valence electrons. The molecule has 0 aliphatic carbocycles. The predicted molar refractivity (Wildman–Crippen MR) is 63.8 cm³/mol. The van der Waals surface area contributed by atoms with Crippen LogP contribution in [0.25, 0.3) is 0 Å². The maximum Gasteiger partial charge on any atom is 0.141 e. The summed E-state index contributed by atoms with van der Waals surface area (Å²) >= 11 is 0. The van der Waals surface area contributed by atoms with Gasteiger partial charge in [0.25, 0.3) is 0 Å². The van der Waals surface area contributed by atoms with Crippen molar-refractivity contribution < 1.29 is 9.90 Å². The third-order valence-corrected chi connectivity index (χ3v) is 2.23. The number of carbonyl (C=O) groups excluding carboxylic acids is 1. The monoisotopic (exact) mass is 212 g/mol. The van der Waals surface area contributed by atoms with Crippen LogP contribution in [-0.4, -0.2) is 16.5 Å². The molecule has 0 aliphatic heterocycles. The van der Waals surface area contributed by atoms with Crippen LogP contribution in [0.4, 0.5) is 0 Å². The summed E-state index contributed by atoms with van der Waals surface area (Å²) in [6, 6.07) is 0. The van der Waals surface area contributed by atoms with Crippen LogP contribution in [0, 0.1) is 5.41 Å². The van der Waals surface area contributed by atoms with Gasteiger partial charge in [0.05, 0.1) is 5.60 Å². The van der Waals surface area contributed by atoms with Crippen LogP contribution in [0.15, 0.2) is 12.2 Å². The first-order chi connectivity index (χ1) is 6.63. The lowest BCUT2D eigenvalue weighted by Gasteiger charge is -2.15. The van der Waals surface area contributed by atoms with Gasteiger partial charge >= 0.3 is 0 Å². The van der Waals surface area contributed by atoms with Crippen LogP contribution in [-0.2, 0) is 4.79 Å².